The minimum Gasteiger partial charge on any atom is -0.424 e. The topological polar surface area (TPSA) is 61.0 Å². The van der Waals surface area contributed by atoms with E-state index in [1.165, 1.54) is 5.56 Å². The Hall–Kier alpha value is -1.94. The third-order valence-electron chi connectivity index (χ3n) is 3.01. The second kappa shape index (κ2) is 6.48. The molecular weight excluding hydrogens is 250 g/mol. The van der Waals surface area contributed by atoms with E-state index < -0.39 is 0 Å². The standard InChI is InChI=1S/C16H21N3O/c1-11(2)15-10-12(3)18-16(19-15)20-14-6-4-13(5-7-14)8-9-17/h4-7,10-11H,8-9,17H2,1-3H3. The molecule has 0 unspecified atom stereocenters. The Morgan fingerprint density at radius 2 is 1.85 bits per heavy atom. The zero-order valence-corrected chi connectivity index (χ0v) is 12.3. The minimum atomic E-state index is 0.353. The average molecular weight is 271 g/mol. The monoisotopic (exact) mass is 271 g/mol. The molecule has 2 N–H and O–H groups in total. The second-order valence-electron chi connectivity index (χ2n) is 5.16. The van der Waals surface area contributed by atoms with Crippen molar-refractivity contribution in [2.45, 2.75) is 33.1 Å². The maximum atomic E-state index is 5.73. The fourth-order valence-corrected chi connectivity index (χ4v) is 1.90. The van der Waals surface area contributed by atoms with Crippen LogP contribution < -0.4 is 10.5 Å². The van der Waals surface area contributed by atoms with E-state index >= 15 is 0 Å². The van der Waals surface area contributed by atoms with E-state index in [0.29, 0.717) is 18.5 Å². The van der Waals surface area contributed by atoms with Crippen LogP contribution in [0.3, 0.4) is 0 Å². The zero-order chi connectivity index (χ0) is 14.5. The van der Waals surface area contributed by atoms with Gasteiger partial charge < -0.3 is 10.5 Å². The first kappa shape index (κ1) is 14.5. The van der Waals surface area contributed by atoms with Crippen molar-refractivity contribution in [3.05, 3.63) is 47.3 Å². The molecule has 0 bridgehead atoms. The fourth-order valence-electron chi connectivity index (χ4n) is 1.90. The molecule has 0 amide bonds. The SMILES string of the molecule is Cc1cc(C(C)C)nc(Oc2ccc(CCN)cc2)n1. The molecule has 1 aromatic heterocycles. The van der Waals surface area contributed by atoms with Crippen molar-refractivity contribution < 1.29 is 4.74 Å². The van der Waals surface area contributed by atoms with E-state index in [0.717, 1.165) is 23.6 Å². The highest BCUT2D eigenvalue weighted by Crippen LogP contribution is 2.21. The molecule has 0 aliphatic heterocycles. The molecule has 0 fully saturated rings. The van der Waals surface area contributed by atoms with Crippen molar-refractivity contribution in [1.82, 2.24) is 9.97 Å². The first-order chi connectivity index (χ1) is 9.58. The van der Waals surface area contributed by atoms with Crippen LogP contribution in [0.2, 0.25) is 0 Å². The quantitative estimate of drug-likeness (QED) is 0.907. The predicted molar refractivity (Wildman–Crippen MR) is 80.1 cm³/mol. The van der Waals surface area contributed by atoms with Crippen molar-refractivity contribution in [3.8, 4) is 11.8 Å². The molecule has 0 radical (unpaired) electrons. The molecule has 1 heterocycles. The van der Waals surface area contributed by atoms with Crippen LogP contribution in [0.15, 0.2) is 30.3 Å². The molecule has 0 spiro atoms. The summed E-state index contributed by atoms with van der Waals surface area (Å²) in [6.45, 7) is 6.81. The van der Waals surface area contributed by atoms with E-state index in [4.69, 9.17) is 10.5 Å². The molecule has 2 aromatic rings. The van der Waals surface area contributed by atoms with Gasteiger partial charge in [-0.15, -0.1) is 0 Å². The summed E-state index contributed by atoms with van der Waals surface area (Å²) in [4.78, 5) is 8.75. The fraction of sp³-hybridized carbons (Fsp3) is 0.375. The summed E-state index contributed by atoms with van der Waals surface area (Å²) in [7, 11) is 0. The third kappa shape index (κ3) is 3.78. The Labute approximate surface area is 120 Å². The number of hydrogen-bond acceptors (Lipinski definition) is 4. The molecule has 4 heteroatoms. The maximum absolute atomic E-state index is 5.73. The summed E-state index contributed by atoms with van der Waals surface area (Å²) in [5.74, 6) is 1.09. The Morgan fingerprint density at radius 3 is 2.45 bits per heavy atom. The molecule has 0 atom stereocenters. The van der Waals surface area contributed by atoms with Crippen LogP contribution in [0.25, 0.3) is 0 Å². The second-order valence-corrected chi connectivity index (χ2v) is 5.16. The first-order valence-corrected chi connectivity index (χ1v) is 6.91. The van der Waals surface area contributed by atoms with Crippen molar-refractivity contribution >= 4 is 0 Å². The number of ether oxygens (including phenoxy) is 1. The van der Waals surface area contributed by atoms with Crippen LogP contribution >= 0.6 is 0 Å². The van der Waals surface area contributed by atoms with Crippen molar-refractivity contribution in [2.75, 3.05) is 6.54 Å². The van der Waals surface area contributed by atoms with Gasteiger partial charge in [-0.25, -0.2) is 4.98 Å². The van der Waals surface area contributed by atoms with Crippen LogP contribution in [0, 0.1) is 6.92 Å². The largest absolute Gasteiger partial charge is 0.424 e. The molecule has 4 nitrogen and oxygen atoms in total. The number of nitrogens with two attached hydrogens (primary N) is 1. The van der Waals surface area contributed by atoms with Gasteiger partial charge in [-0.1, -0.05) is 26.0 Å². The van der Waals surface area contributed by atoms with Crippen LogP contribution in [0.1, 0.15) is 36.7 Å². The number of hydrogen-bond donors (Lipinski definition) is 1. The van der Waals surface area contributed by atoms with E-state index in [1.54, 1.807) is 0 Å². The van der Waals surface area contributed by atoms with Crippen molar-refractivity contribution in [1.29, 1.82) is 0 Å². The maximum Gasteiger partial charge on any atom is 0.322 e. The molecule has 2 rings (SSSR count). The van der Waals surface area contributed by atoms with Gasteiger partial charge in [-0.3, -0.25) is 0 Å². The summed E-state index contributed by atoms with van der Waals surface area (Å²) in [6, 6.07) is 10.3. The van der Waals surface area contributed by atoms with Crippen molar-refractivity contribution in [3.63, 3.8) is 0 Å². The Kier molecular flexibility index (Phi) is 4.69. The van der Waals surface area contributed by atoms with Gasteiger partial charge in [0.15, 0.2) is 0 Å². The lowest BCUT2D eigenvalue weighted by molar-refractivity contribution is 0.436. The highest BCUT2D eigenvalue weighted by atomic mass is 16.5. The van der Waals surface area contributed by atoms with Crippen LogP contribution in [-0.2, 0) is 6.42 Å². The van der Waals surface area contributed by atoms with Gasteiger partial charge in [-0.2, -0.15) is 4.98 Å². The summed E-state index contributed by atoms with van der Waals surface area (Å²) >= 11 is 0. The third-order valence-corrected chi connectivity index (χ3v) is 3.01. The van der Waals surface area contributed by atoms with Crippen LogP contribution in [-0.4, -0.2) is 16.5 Å². The van der Waals surface area contributed by atoms with E-state index in [-0.39, 0.29) is 0 Å². The molecule has 1 aromatic carbocycles. The highest BCUT2D eigenvalue weighted by molar-refractivity contribution is 5.30. The smallest absolute Gasteiger partial charge is 0.322 e. The molecule has 0 aliphatic carbocycles. The van der Waals surface area contributed by atoms with Gasteiger partial charge in [0.1, 0.15) is 5.75 Å². The minimum absolute atomic E-state index is 0.353. The number of rotatable bonds is 5. The Bertz CT molecular complexity index is 564. The average Bonchev–Trinajstić information content (AvgIpc) is 2.40. The Morgan fingerprint density at radius 1 is 1.15 bits per heavy atom. The van der Waals surface area contributed by atoms with E-state index in [1.807, 2.05) is 37.3 Å². The molecular formula is C16H21N3O. The normalized spacial score (nSPS) is 10.8. The lowest BCUT2D eigenvalue weighted by Gasteiger charge is -2.09. The summed E-state index contributed by atoms with van der Waals surface area (Å²) < 4.78 is 5.73. The lowest BCUT2D eigenvalue weighted by atomic mass is 10.1. The molecule has 20 heavy (non-hydrogen) atoms. The number of benzene rings is 1. The van der Waals surface area contributed by atoms with Gasteiger partial charge in [0.05, 0.1) is 5.69 Å². The Balaban J connectivity index is 2.16. The summed E-state index contributed by atoms with van der Waals surface area (Å²) in [6.07, 6.45) is 0.874. The molecule has 0 saturated heterocycles. The number of nitrogens with zero attached hydrogens (tertiary/aromatic N) is 2. The molecule has 0 saturated carbocycles. The van der Waals surface area contributed by atoms with Gasteiger partial charge in [0.2, 0.25) is 0 Å². The van der Waals surface area contributed by atoms with Crippen LogP contribution in [0.4, 0.5) is 0 Å². The van der Waals surface area contributed by atoms with Crippen molar-refractivity contribution in [2.24, 2.45) is 5.73 Å². The van der Waals surface area contributed by atoms with Gasteiger partial charge >= 0.3 is 6.01 Å². The first-order valence-electron chi connectivity index (χ1n) is 6.91. The number of aryl methyl sites for hydroxylation is 1. The lowest BCUT2D eigenvalue weighted by Crippen LogP contribution is -2.02. The van der Waals surface area contributed by atoms with Gasteiger partial charge in [0.25, 0.3) is 0 Å². The predicted octanol–water partition coefficient (Wildman–Crippen LogP) is 3.20. The van der Waals surface area contributed by atoms with E-state index in [2.05, 4.69) is 23.8 Å². The van der Waals surface area contributed by atoms with E-state index in [9.17, 15) is 0 Å². The van der Waals surface area contributed by atoms with Gasteiger partial charge in [0, 0.05) is 5.69 Å². The zero-order valence-electron chi connectivity index (χ0n) is 12.3. The summed E-state index contributed by atoms with van der Waals surface area (Å²) in [5.41, 5.74) is 8.64. The van der Waals surface area contributed by atoms with Gasteiger partial charge in [-0.05, 0) is 49.6 Å². The highest BCUT2D eigenvalue weighted by Gasteiger charge is 2.07. The molecule has 106 valence electrons. The van der Waals surface area contributed by atoms with Crippen LogP contribution in [0.5, 0.6) is 11.8 Å². The number of aromatic nitrogens is 2. The molecule has 0 aliphatic rings. The summed E-state index contributed by atoms with van der Waals surface area (Å²) in [5, 5.41) is 0.